The number of likely N-dealkylation sites (tertiary alicyclic amines) is 1. The first-order valence-electron chi connectivity index (χ1n) is 11.3. The second-order valence-corrected chi connectivity index (χ2v) is 9.72. The van der Waals surface area contributed by atoms with Crippen LogP contribution in [0.1, 0.15) is 23.3 Å². The van der Waals surface area contributed by atoms with Crippen molar-refractivity contribution in [2.45, 2.75) is 19.3 Å². The van der Waals surface area contributed by atoms with Crippen LogP contribution in [0, 0.1) is 5.92 Å². The number of fused-ring (bicyclic) bond motifs is 1. The summed E-state index contributed by atoms with van der Waals surface area (Å²) in [6.45, 7) is 5.32. The van der Waals surface area contributed by atoms with Crippen LogP contribution < -0.4 is 4.90 Å². The van der Waals surface area contributed by atoms with Crippen LogP contribution in [0.2, 0.25) is 0 Å². The number of carboxylic acid groups (broad SMARTS) is 1. The number of thiophene rings is 1. The van der Waals surface area contributed by atoms with Crippen LogP contribution in [0.15, 0.2) is 42.7 Å². The molecule has 8 nitrogen and oxygen atoms in total. The van der Waals surface area contributed by atoms with Gasteiger partial charge in [0.2, 0.25) is 5.91 Å². The van der Waals surface area contributed by atoms with E-state index >= 15 is 0 Å². The fraction of sp³-hybridized carbons (Fsp3) is 0.417. The molecule has 5 rings (SSSR count). The molecule has 1 aromatic carbocycles. The molecule has 2 saturated heterocycles. The molecular weight excluding hydrogens is 438 g/mol. The minimum atomic E-state index is -0.967. The van der Waals surface area contributed by atoms with Crippen molar-refractivity contribution in [2.75, 3.05) is 44.2 Å². The summed E-state index contributed by atoms with van der Waals surface area (Å²) in [5.74, 6) is 0.504. The zero-order valence-electron chi connectivity index (χ0n) is 18.6. The molecule has 4 heterocycles. The summed E-state index contributed by atoms with van der Waals surface area (Å²) in [6.07, 6.45) is 1.63. The SMILES string of the molecule is CCc1cc2c(N3CCN(C(=O)C4CN(C(=O)O)CC4c4ccccc4)CC3)ncnc2s1. The molecule has 172 valence electrons. The largest absolute Gasteiger partial charge is 0.465 e. The summed E-state index contributed by atoms with van der Waals surface area (Å²) in [6, 6.07) is 12.0. The summed E-state index contributed by atoms with van der Waals surface area (Å²) >= 11 is 1.70. The van der Waals surface area contributed by atoms with Gasteiger partial charge >= 0.3 is 6.09 Å². The number of carbonyl (C=O) groups excluding carboxylic acids is 1. The van der Waals surface area contributed by atoms with E-state index in [4.69, 9.17) is 0 Å². The van der Waals surface area contributed by atoms with E-state index in [2.05, 4.69) is 27.9 Å². The molecular formula is C24H27N5O3S. The minimum Gasteiger partial charge on any atom is -0.465 e. The summed E-state index contributed by atoms with van der Waals surface area (Å²) in [5.41, 5.74) is 1.02. The van der Waals surface area contributed by atoms with E-state index in [-0.39, 0.29) is 24.3 Å². The molecule has 0 radical (unpaired) electrons. The smallest absolute Gasteiger partial charge is 0.407 e. The van der Waals surface area contributed by atoms with Gasteiger partial charge in [0.05, 0.1) is 11.3 Å². The number of hydrogen-bond donors (Lipinski definition) is 1. The number of piperazine rings is 1. The van der Waals surface area contributed by atoms with E-state index in [1.165, 1.54) is 9.78 Å². The lowest BCUT2D eigenvalue weighted by atomic mass is 9.88. The quantitative estimate of drug-likeness (QED) is 0.636. The summed E-state index contributed by atoms with van der Waals surface area (Å²) in [5, 5.41) is 10.6. The van der Waals surface area contributed by atoms with Crippen LogP contribution in [0.5, 0.6) is 0 Å². The van der Waals surface area contributed by atoms with Crippen molar-refractivity contribution in [1.29, 1.82) is 0 Å². The average Bonchev–Trinajstić information content (AvgIpc) is 3.49. The topological polar surface area (TPSA) is 89.9 Å². The van der Waals surface area contributed by atoms with Gasteiger partial charge in [-0.2, -0.15) is 0 Å². The van der Waals surface area contributed by atoms with Crippen molar-refractivity contribution in [3.8, 4) is 0 Å². The second-order valence-electron chi connectivity index (χ2n) is 8.61. The van der Waals surface area contributed by atoms with Gasteiger partial charge in [0.15, 0.2) is 0 Å². The van der Waals surface area contributed by atoms with Gasteiger partial charge in [0.1, 0.15) is 17.0 Å². The Morgan fingerprint density at radius 1 is 1.06 bits per heavy atom. The normalized spacial score (nSPS) is 21.1. The molecule has 33 heavy (non-hydrogen) atoms. The Labute approximate surface area is 196 Å². The fourth-order valence-corrected chi connectivity index (χ4v) is 5.87. The van der Waals surface area contributed by atoms with Crippen molar-refractivity contribution in [2.24, 2.45) is 5.92 Å². The Morgan fingerprint density at radius 3 is 2.52 bits per heavy atom. The number of aromatic nitrogens is 2. The van der Waals surface area contributed by atoms with E-state index in [1.807, 2.05) is 35.2 Å². The Kier molecular flexibility index (Phi) is 5.88. The molecule has 0 bridgehead atoms. The number of carbonyl (C=O) groups is 2. The molecule has 3 aromatic rings. The first-order valence-corrected chi connectivity index (χ1v) is 12.2. The van der Waals surface area contributed by atoms with Crippen molar-refractivity contribution >= 4 is 39.4 Å². The molecule has 1 N–H and O–H groups in total. The maximum absolute atomic E-state index is 13.5. The zero-order chi connectivity index (χ0) is 22.9. The van der Waals surface area contributed by atoms with E-state index < -0.39 is 6.09 Å². The number of hydrogen-bond acceptors (Lipinski definition) is 6. The molecule has 2 aromatic heterocycles. The van der Waals surface area contributed by atoms with Crippen molar-refractivity contribution in [1.82, 2.24) is 19.8 Å². The molecule has 9 heteroatoms. The van der Waals surface area contributed by atoms with E-state index in [9.17, 15) is 14.7 Å². The van der Waals surface area contributed by atoms with Crippen LogP contribution in [-0.2, 0) is 11.2 Å². The number of rotatable bonds is 4. The van der Waals surface area contributed by atoms with Crippen LogP contribution in [-0.4, -0.2) is 76.1 Å². The van der Waals surface area contributed by atoms with Gasteiger partial charge in [-0.15, -0.1) is 11.3 Å². The van der Waals surface area contributed by atoms with E-state index in [0.717, 1.165) is 28.0 Å². The van der Waals surface area contributed by atoms with Gasteiger partial charge in [-0.25, -0.2) is 14.8 Å². The Morgan fingerprint density at radius 2 is 1.82 bits per heavy atom. The number of aryl methyl sites for hydroxylation is 1. The second kappa shape index (κ2) is 8.97. The standard InChI is InChI=1S/C24H27N5O3S/c1-2-17-12-18-21(25-15-26-22(18)33-17)27-8-10-28(11-9-27)23(30)20-14-29(24(31)32)13-19(20)16-6-4-3-5-7-16/h3-7,12,15,19-20H,2,8-11,13-14H2,1H3,(H,31,32). The predicted octanol–water partition coefficient (Wildman–Crippen LogP) is 3.30. The number of benzene rings is 1. The molecule has 0 aliphatic carbocycles. The third-order valence-electron chi connectivity index (χ3n) is 6.73. The third-order valence-corrected chi connectivity index (χ3v) is 7.92. The highest BCUT2D eigenvalue weighted by Crippen LogP contribution is 2.35. The summed E-state index contributed by atoms with van der Waals surface area (Å²) in [4.78, 5) is 41.9. The lowest BCUT2D eigenvalue weighted by molar-refractivity contribution is -0.135. The molecule has 2 amide bonds. The van der Waals surface area contributed by atoms with Crippen LogP contribution >= 0.6 is 11.3 Å². The Balaban J connectivity index is 1.31. The molecule has 2 unspecified atom stereocenters. The minimum absolute atomic E-state index is 0.0453. The average molecular weight is 466 g/mol. The Bertz CT molecular complexity index is 1160. The number of nitrogens with zero attached hydrogens (tertiary/aromatic N) is 5. The monoisotopic (exact) mass is 465 g/mol. The summed E-state index contributed by atoms with van der Waals surface area (Å²) in [7, 11) is 0. The lowest BCUT2D eigenvalue weighted by Gasteiger charge is -2.37. The predicted molar refractivity (Wildman–Crippen MR) is 128 cm³/mol. The van der Waals surface area contributed by atoms with Gasteiger partial charge in [-0.1, -0.05) is 37.3 Å². The van der Waals surface area contributed by atoms with Crippen LogP contribution in [0.3, 0.4) is 0 Å². The lowest BCUT2D eigenvalue weighted by Crippen LogP contribution is -2.51. The maximum Gasteiger partial charge on any atom is 0.407 e. The Hall–Kier alpha value is -3.20. The molecule has 0 saturated carbocycles. The third kappa shape index (κ3) is 4.13. The van der Waals surface area contributed by atoms with Gasteiger partial charge < -0.3 is 19.8 Å². The molecule has 2 atom stereocenters. The highest BCUT2D eigenvalue weighted by atomic mass is 32.1. The molecule has 2 aliphatic rings. The fourth-order valence-electron chi connectivity index (χ4n) is 4.94. The highest BCUT2D eigenvalue weighted by molar-refractivity contribution is 7.18. The highest BCUT2D eigenvalue weighted by Gasteiger charge is 2.42. The molecule has 2 fully saturated rings. The first-order chi connectivity index (χ1) is 16.0. The zero-order valence-corrected chi connectivity index (χ0v) is 19.4. The molecule has 2 aliphatic heterocycles. The van der Waals surface area contributed by atoms with Gasteiger partial charge in [0, 0.05) is 50.1 Å². The van der Waals surface area contributed by atoms with Crippen LogP contribution in [0.4, 0.5) is 10.6 Å². The number of amides is 2. The number of anilines is 1. The van der Waals surface area contributed by atoms with Gasteiger partial charge in [-0.3, -0.25) is 4.79 Å². The first kappa shape index (κ1) is 21.6. The van der Waals surface area contributed by atoms with Gasteiger partial charge in [0.25, 0.3) is 0 Å². The molecule has 0 spiro atoms. The van der Waals surface area contributed by atoms with E-state index in [0.29, 0.717) is 32.7 Å². The van der Waals surface area contributed by atoms with Crippen LogP contribution in [0.25, 0.3) is 10.2 Å². The van der Waals surface area contributed by atoms with E-state index in [1.54, 1.807) is 17.7 Å². The summed E-state index contributed by atoms with van der Waals surface area (Å²) < 4.78 is 0. The maximum atomic E-state index is 13.5. The van der Waals surface area contributed by atoms with Crippen molar-refractivity contribution in [3.05, 3.63) is 53.2 Å². The van der Waals surface area contributed by atoms with Gasteiger partial charge in [-0.05, 0) is 18.1 Å². The van der Waals surface area contributed by atoms with Crippen molar-refractivity contribution < 1.29 is 14.7 Å². The van der Waals surface area contributed by atoms with Crippen molar-refractivity contribution in [3.63, 3.8) is 0 Å².